The fraction of sp³-hybridized carbons (Fsp3) is 0.538. The van der Waals surface area contributed by atoms with E-state index in [9.17, 15) is 4.39 Å². The van der Waals surface area contributed by atoms with Gasteiger partial charge in [0.2, 0.25) is 0 Å². The molecule has 100 valence electrons. The Hall–Kier alpha value is -0.350. The predicted molar refractivity (Wildman–Crippen MR) is 71.5 cm³/mol. The summed E-state index contributed by atoms with van der Waals surface area (Å²) in [6.45, 7) is 3.20. The molecule has 0 aliphatic carbocycles. The van der Waals surface area contributed by atoms with Gasteiger partial charge in [-0.1, -0.05) is 23.2 Å². The van der Waals surface area contributed by atoms with E-state index in [4.69, 9.17) is 33.7 Å². The summed E-state index contributed by atoms with van der Waals surface area (Å²) >= 11 is 11.8. The van der Waals surface area contributed by atoms with Crippen molar-refractivity contribution < 1.29 is 9.13 Å². The Kier molecular flexibility index (Phi) is 4.17. The van der Waals surface area contributed by atoms with E-state index in [0.717, 1.165) is 19.4 Å². The van der Waals surface area contributed by atoms with Crippen molar-refractivity contribution in [2.75, 3.05) is 13.2 Å². The molecule has 1 heterocycles. The Morgan fingerprint density at radius 1 is 1.39 bits per heavy atom. The molecule has 5 heteroatoms. The van der Waals surface area contributed by atoms with Crippen molar-refractivity contribution in [3.8, 4) is 0 Å². The minimum atomic E-state index is -0.719. The summed E-state index contributed by atoms with van der Waals surface area (Å²) in [6.07, 6.45) is 1.92. The van der Waals surface area contributed by atoms with Crippen molar-refractivity contribution in [3.63, 3.8) is 0 Å². The average molecular weight is 292 g/mol. The van der Waals surface area contributed by atoms with Gasteiger partial charge in [0.15, 0.2) is 0 Å². The minimum Gasteiger partial charge on any atom is -0.381 e. The van der Waals surface area contributed by atoms with E-state index in [1.54, 1.807) is 0 Å². The average Bonchev–Trinajstić information content (AvgIpc) is 2.34. The smallest absolute Gasteiger partial charge is 0.142 e. The molecule has 0 saturated carbocycles. The molecule has 1 fully saturated rings. The van der Waals surface area contributed by atoms with Crippen LogP contribution in [0.2, 0.25) is 10.0 Å². The van der Waals surface area contributed by atoms with Gasteiger partial charge in [-0.15, -0.1) is 0 Å². The van der Waals surface area contributed by atoms with Crippen LogP contribution in [0.1, 0.15) is 25.3 Å². The highest BCUT2D eigenvalue weighted by Crippen LogP contribution is 2.37. The van der Waals surface area contributed by atoms with Crippen LogP contribution in [-0.2, 0) is 10.3 Å². The quantitative estimate of drug-likeness (QED) is 0.843. The second-order valence-electron chi connectivity index (χ2n) is 4.94. The Bertz CT molecular complexity index is 445. The van der Waals surface area contributed by atoms with E-state index < -0.39 is 11.4 Å². The van der Waals surface area contributed by atoms with E-state index >= 15 is 0 Å². The summed E-state index contributed by atoms with van der Waals surface area (Å²) in [6, 6.07) is 2.74. The maximum atomic E-state index is 13.6. The third kappa shape index (κ3) is 2.64. The summed E-state index contributed by atoms with van der Waals surface area (Å²) in [4.78, 5) is 0. The zero-order chi connectivity index (χ0) is 13.3. The van der Waals surface area contributed by atoms with Crippen molar-refractivity contribution in [3.05, 3.63) is 33.6 Å². The number of nitrogens with two attached hydrogens (primary N) is 1. The molecule has 2 rings (SSSR count). The van der Waals surface area contributed by atoms with Gasteiger partial charge < -0.3 is 10.5 Å². The first-order valence-electron chi connectivity index (χ1n) is 5.94. The summed E-state index contributed by atoms with van der Waals surface area (Å²) in [5, 5.41) is 0.413. The van der Waals surface area contributed by atoms with Gasteiger partial charge in [-0.25, -0.2) is 4.39 Å². The summed E-state index contributed by atoms with van der Waals surface area (Å²) in [7, 11) is 0. The first-order chi connectivity index (χ1) is 8.43. The van der Waals surface area contributed by atoms with Crippen LogP contribution in [-0.4, -0.2) is 13.2 Å². The largest absolute Gasteiger partial charge is 0.381 e. The SMILES string of the molecule is CC(N)(c1cc(F)c(Cl)cc1Cl)C1CCCOC1. The van der Waals surface area contributed by atoms with Crippen LogP contribution in [0.25, 0.3) is 0 Å². The highest BCUT2D eigenvalue weighted by molar-refractivity contribution is 6.35. The fourth-order valence-corrected chi connectivity index (χ4v) is 2.96. The van der Waals surface area contributed by atoms with Crippen LogP contribution >= 0.6 is 23.2 Å². The van der Waals surface area contributed by atoms with Crippen LogP contribution in [0, 0.1) is 11.7 Å². The van der Waals surface area contributed by atoms with Crippen molar-refractivity contribution >= 4 is 23.2 Å². The molecule has 0 amide bonds. The summed E-state index contributed by atoms with van der Waals surface area (Å²) in [5.74, 6) is -0.367. The monoisotopic (exact) mass is 291 g/mol. The molecule has 0 radical (unpaired) electrons. The Morgan fingerprint density at radius 2 is 2.11 bits per heavy atom. The molecule has 2 unspecified atom stereocenters. The zero-order valence-corrected chi connectivity index (χ0v) is 11.7. The van der Waals surface area contributed by atoms with Crippen LogP contribution < -0.4 is 5.73 Å². The van der Waals surface area contributed by atoms with Gasteiger partial charge in [-0.05, 0) is 37.5 Å². The summed E-state index contributed by atoms with van der Waals surface area (Å²) < 4.78 is 19.0. The van der Waals surface area contributed by atoms with Gasteiger partial charge in [0.25, 0.3) is 0 Å². The van der Waals surface area contributed by atoms with Crippen molar-refractivity contribution in [2.24, 2.45) is 11.7 Å². The molecule has 0 spiro atoms. The number of hydrogen-bond donors (Lipinski definition) is 1. The maximum absolute atomic E-state index is 13.6. The highest BCUT2D eigenvalue weighted by atomic mass is 35.5. The minimum absolute atomic E-state index is 0.0134. The molecule has 1 aliphatic rings. The Labute approximate surface area is 116 Å². The van der Waals surface area contributed by atoms with E-state index in [0.29, 0.717) is 17.2 Å². The van der Waals surface area contributed by atoms with E-state index in [1.807, 2.05) is 6.92 Å². The molecule has 0 aromatic heterocycles. The zero-order valence-electron chi connectivity index (χ0n) is 10.2. The lowest BCUT2D eigenvalue weighted by Gasteiger charge is -2.37. The van der Waals surface area contributed by atoms with Gasteiger partial charge in [0.05, 0.1) is 11.6 Å². The number of hydrogen-bond acceptors (Lipinski definition) is 2. The van der Waals surface area contributed by atoms with E-state index in [-0.39, 0.29) is 10.9 Å². The van der Waals surface area contributed by atoms with E-state index in [1.165, 1.54) is 12.1 Å². The second kappa shape index (κ2) is 5.33. The summed E-state index contributed by atoms with van der Waals surface area (Å²) in [5.41, 5.74) is 6.22. The molecule has 18 heavy (non-hydrogen) atoms. The third-order valence-electron chi connectivity index (χ3n) is 3.60. The van der Waals surface area contributed by atoms with Gasteiger partial charge >= 0.3 is 0 Å². The molecular weight excluding hydrogens is 276 g/mol. The van der Waals surface area contributed by atoms with Gasteiger partial charge in [-0.3, -0.25) is 0 Å². The van der Waals surface area contributed by atoms with Gasteiger partial charge in [0.1, 0.15) is 5.82 Å². The van der Waals surface area contributed by atoms with Crippen molar-refractivity contribution in [1.82, 2.24) is 0 Å². The maximum Gasteiger partial charge on any atom is 0.142 e. The Balaban J connectivity index is 2.36. The van der Waals surface area contributed by atoms with Gasteiger partial charge in [0, 0.05) is 23.1 Å². The first kappa shape index (κ1) is 14.1. The molecule has 2 atom stereocenters. The van der Waals surface area contributed by atoms with E-state index in [2.05, 4.69) is 0 Å². The molecule has 1 aromatic carbocycles. The lowest BCUT2D eigenvalue weighted by Crippen LogP contribution is -2.45. The first-order valence-corrected chi connectivity index (χ1v) is 6.70. The predicted octanol–water partition coefficient (Wildman–Crippen LogP) is 3.73. The second-order valence-corrected chi connectivity index (χ2v) is 5.76. The highest BCUT2D eigenvalue weighted by Gasteiger charge is 2.35. The number of rotatable bonds is 2. The standard InChI is InChI=1S/C13H16Cl2FNO/c1-13(17,8-3-2-4-18-7-8)9-5-12(16)11(15)6-10(9)14/h5-6,8H,2-4,7,17H2,1H3. The van der Waals surface area contributed by atoms with Crippen LogP contribution in [0.5, 0.6) is 0 Å². The molecule has 0 bridgehead atoms. The lowest BCUT2D eigenvalue weighted by molar-refractivity contribution is 0.0243. The number of benzene rings is 1. The molecular formula is C13H16Cl2FNO. The number of halogens is 3. The third-order valence-corrected chi connectivity index (χ3v) is 4.20. The van der Waals surface area contributed by atoms with Crippen LogP contribution in [0.15, 0.2) is 12.1 Å². The lowest BCUT2D eigenvalue weighted by atomic mass is 9.77. The van der Waals surface area contributed by atoms with Crippen molar-refractivity contribution in [2.45, 2.75) is 25.3 Å². The molecule has 1 aliphatic heterocycles. The molecule has 2 nitrogen and oxygen atoms in total. The fourth-order valence-electron chi connectivity index (χ4n) is 2.37. The van der Waals surface area contributed by atoms with Crippen molar-refractivity contribution in [1.29, 1.82) is 0 Å². The van der Waals surface area contributed by atoms with Gasteiger partial charge in [-0.2, -0.15) is 0 Å². The van der Waals surface area contributed by atoms with Crippen LogP contribution in [0.3, 0.4) is 0 Å². The Morgan fingerprint density at radius 3 is 2.72 bits per heavy atom. The molecule has 1 aromatic rings. The van der Waals surface area contributed by atoms with Crippen LogP contribution in [0.4, 0.5) is 4.39 Å². The molecule has 2 N–H and O–H groups in total. The molecule has 1 saturated heterocycles. The number of ether oxygens (including phenoxy) is 1. The normalized spacial score (nSPS) is 23.7. The topological polar surface area (TPSA) is 35.2 Å².